The Morgan fingerprint density at radius 1 is 1.24 bits per heavy atom. The lowest BCUT2D eigenvalue weighted by atomic mass is 10.0. The van der Waals surface area contributed by atoms with Crippen LogP contribution in [0.15, 0.2) is 18.2 Å². The monoisotopic (exact) mass is 273 g/mol. The number of benzene rings is 1. The van der Waals surface area contributed by atoms with E-state index in [-0.39, 0.29) is 12.6 Å². The summed E-state index contributed by atoms with van der Waals surface area (Å²) in [4.78, 5) is 2.27. The van der Waals surface area contributed by atoms with E-state index in [2.05, 4.69) is 4.90 Å². The van der Waals surface area contributed by atoms with Crippen LogP contribution in [0, 0.1) is 0 Å². The Labute approximate surface area is 112 Å². The Morgan fingerprint density at radius 3 is 2.59 bits per heavy atom. The molecule has 0 amide bonds. The van der Waals surface area contributed by atoms with Crippen molar-refractivity contribution in [2.75, 3.05) is 13.2 Å². The van der Waals surface area contributed by atoms with Crippen molar-refractivity contribution < 1.29 is 5.11 Å². The molecule has 1 saturated heterocycles. The number of rotatable bonds is 3. The number of likely N-dealkylation sites (tertiary alicyclic amines) is 1. The number of aliphatic hydroxyl groups excluding tert-OH is 1. The molecule has 1 fully saturated rings. The zero-order valence-electron chi connectivity index (χ0n) is 9.70. The summed E-state index contributed by atoms with van der Waals surface area (Å²) in [6, 6.07) is 5.82. The number of piperidine rings is 1. The highest BCUT2D eigenvalue weighted by Gasteiger charge is 2.22. The van der Waals surface area contributed by atoms with Crippen molar-refractivity contribution >= 4 is 23.2 Å². The van der Waals surface area contributed by atoms with Crippen LogP contribution in [0.5, 0.6) is 0 Å². The minimum absolute atomic E-state index is 0.210. The summed E-state index contributed by atoms with van der Waals surface area (Å²) in [5.74, 6) is 0. The van der Waals surface area contributed by atoms with E-state index in [1.54, 1.807) is 0 Å². The van der Waals surface area contributed by atoms with E-state index in [0.29, 0.717) is 10.0 Å². The van der Waals surface area contributed by atoms with E-state index in [0.717, 1.165) is 25.1 Å². The Kier molecular flexibility index (Phi) is 4.69. The number of aliphatic hydroxyl groups is 1. The molecule has 94 valence electrons. The van der Waals surface area contributed by atoms with Gasteiger partial charge in [0.05, 0.1) is 6.61 Å². The summed E-state index contributed by atoms with van der Waals surface area (Å²) >= 11 is 12.3. The molecule has 0 spiro atoms. The van der Waals surface area contributed by atoms with Crippen LogP contribution in [0.2, 0.25) is 10.0 Å². The second kappa shape index (κ2) is 6.05. The van der Waals surface area contributed by atoms with Crippen LogP contribution in [0.1, 0.15) is 24.8 Å². The summed E-state index contributed by atoms with van der Waals surface area (Å²) < 4.78 is 0. The molecule has 1 aliphatic rings. The van der Waals surface area contributed by atoms with Crippen LogP contribution >= 0.6 is 23.2 Å². The van der Waals surface area contributed by atoms with E-state index < -0.39 is 0 Å². The maximum absolute atomic E-state index is 9.37. The number of hydrogen-bond donors (Lipinski definition) is 1. The Morgan fingerprint density at radius 2 is 1.94 bits per heavy atom. The van der Waals surface area contributed by atoms with Crippen molar-refractivity contribution in [2.45, 2.75) is 31.8 Å². The molecule has 1 heterocycles. The van der Waals surface area contributed by atoms with E-state index in [4.69, 9.17) is 23.2 Å². The van der Waals surface area contributed by atoms with E-state index in [1.807, 2.05) is 18.2 Å². The van der Waals surface area contributed by atoms with Gasteiger partial charge in [-0.15, -0.1) is 0 Å². The first-order chi connectivity index (χ1) is 8.22. The van der Waals surface area contributed by atoms with Gasteiger partial charge >= 0.3 is 0 Å². The summed E-state index contributed by atoms with van der Waals surface area (Å²) in [5.41, 5.74) is 0.969. The molecule has 1 aromatic carbocycles. The van der Waals surface area contributed by atoms with Crippen LogP contribution in [-0.2, 0) is 6.54 Å². The van der Waals surface area contributed by atoms with Gasteiger partial charge in [0, 0.05) is 28.2 Å². The molecule has 0 bridgehead atoms. The van der Waals surface area contributed by atoms with Crippen molar-refractivity contribution in [3.05, 3.63) is 33.8 Å². The fourth-order valence-corrected chi connectivity index (χ4v) is 2.88. The normalized spacial score (nSPS) is 21.7. The number of nitrogens with zero attached hydrogens (tertiary/aromatic N) is 1. The largest absolute Gasteiger partial charge is 0.395 e. The van der Waals surface area contributed by atoms with Gasteiger partial charge in [0.1, 0.15) is 0 Å². The highest BCUT2D eigenvalue weighted by Crippen LogP contribution is 2.28. The van der Waals surface area contributed by atoms with Crippen molar-refractivity contribution in [3.63, 3.8) is 0 Å². The van der Waals surface area contributed by atoms with Crippen LogP contribution in [0.25, 0.3) is 0 Å². The second-order valence-electron chi connectivity index (χ2n) is 4.50. The zero-order valence-corrected chi connectivity index (χ0v) is 11.2. The third kappa shape index (κ3) is 3.14. The first kappa shape index (κ1) is 13.2. The van der Waals surface area contributed by atoms with Gasteiger partial charge in [-0.1, -0.05) is 35.7 Å². The van der Waals surface area contributed by atoms with E-state index in [9.17, 15) is 5.11 Å². The molecule has 1 N–H and O–H groups in total. The minimum atomic E-state index is 0.210. The zero-order chi connectivity index (χ0) is 12.3. The Bertz CT molecular complexity index is 363. The van der Waals surface area contributed by atoms with E-state index >= 15 is 0 Å². The van der Waals surface area contributed by atoms with Gasteiger partial charge in [-0.05, 0) is 31.5 Å². The fraction of sp³-hybridized carbons (Fsp3) is 0.538. The minimum Gasteiger partial charge on any atom is -0.395 e. The molecule has 0 aromatic heterocycles. The Balaban J connectivity index is 2.13. The molecule has 17 heavy (non-hydrogen) atoms. The van der Waals surface area contributed by atoms with Gasteiger partial charge in [0.2, 0.25) is 0 Å². The standard InChI is InChI=1S/C13H17Cl2NO/c14-12-5-3-6-13(15)11(12)8-16-7-2-1-4-10(16)9-17/h3,5-6,10,17H,1-2,4,7-9H2/t10-/m0/s1. The number of halogens is 2. The van der Waals surface area contributed by atoms with Gasteiger partial charge in [-0.25, -0.2) is 0 Å². The molecule has 0 unspecified atom stereocenters. The lowest BCUT2D eigenvalue weighted by Crippen LogP contribution is -2.41. The van der Waals surface area contributed by atoms with E-state index in [1.165, 1.54) is 12.8 Å². The van der Waals surface area contributed by atoms with Gasteiger partial charge in [-0.3, -0.25) is 4.90 Å². The third-order valence-electron chi connectivity index (χ3n) is 3.38. The molecule has 0 radical (unpaired) electrons. The SMILES string of the molecule is OC[C@@H]1CCCCN1Cc1c(Cl)cccc1Cl. The predicted octanol–water partition coefficient (Wildman–Crippen LogP) is 3.34. The smallest absolute Gasteiger partial charge is 0.0586 e. The van der Waals surface area contributed by atoms with Gasteiger partial charge in [-0.2, -0.15) is 0 Å². The summed E-state index contributed by atoms with van der Waals surface area (Å²) in [6.07, 6.45) is 3.43. The van der Waals surface area contributed by atoms with Crippen molar-refractivity contribution in [3.8, 4) is 0 Å². The molecule has 2 rings (SSSR count). The average Bonchev–Trinajstić information content (AvgIpc) is 2.34. The molecule has 4 heteroatoms. The first-order valence-electron chi connectivity index (χ1n) is 6.00. The lowest BCUT2D eigenvalue weighted by molar-refractivity contribution is 0.0842. The summed E-state index contributed by atoms with van der Waals surface area (Å²) in [7, 11) is 0. The second-order valence-corrected chi connectivity index (χ2v) is 5.32. The van der Waals surface area contributed by atoms with Crippen molar-refractivity contribution in [1.82, 2.24) is 4.90 Å². The highest BCUT2D eigenvalue weighted by molar-refractivity contribution is 6.35. The van der Waals surface area contributed by atoms with Crippen LogP contribution < -0.4 is 0 Å². The summed E-state index contributed by atoms with van der Waals surface area (Å²) in [5, 5.41) is 10.8. The van der Waals surface area contributed by atoms with Crippen LogP contribution in [-0.4, -0.2) is 29.2 Å². The molecule has 1 atom stereocenters. The quantitative estimate of drug-likeness (QED) is 0.913. The van der Waals surface area contributed by atoms with Crippen molar-refractivity contribution in [1.29, 1.82) is 0 Å². The van der Waals surface area contributed by atoms with Crippen LogP contribution in [0.3, 0.4) is 0 Å². The molecule has 1 aliphatic heterocycles. The molecule has 1 aromatic rings. The van der Waals surface area contributed by atoms with Gasteiger partial charge in [0.15, 0.2) is 0 Å². The summed E-state index contributed by atoms with van der Waals surface area (Å²) in [6.45, 7) is 1.94. The average molecular weight is 274 g/mol. The lowest BCUT2D eigenvalue weighted by Gasteiger charge is -2.34. The molecule has 0 aliphatic carbocycles. The van der Waals surface area contributed by atoms with Gasteiger partial charge in [0.25, 0.3) is 0 Å². The molecular formula is C13H17Cl2NO. The molecular weight excluding hydrogens is 257 g/mol. The fourth-order valence-electron chi connectivity index (χ4n) is 2.36. The molecule has 2 nitrogen and oxygen atoms in total. The van der Waals surface area contributed by atoms with Gasteiger partial charge < -0.3 is 5.11 Å². The topological polar surface area (TPSA) is 23.5 Å². The Hall–Kier alpha value is -0.280. The molecule has 0 saturated carbocycles. The third-order valence-corrected chi connectivity index (χ3v) is 4.09. The highest BCUT2D eigenvalue weighted by atomic mass is 35.5. The van der Waals surface area contributed by atoms with Crippen LogP contribution in [0.4, 0.5) is 0 Å². The maximum Gasteiger partial charge on any atom is 0.0586 e. The first-order valence-corrected chi connectivity index (χ1v) is 6.75. The van der Waals surface area contributed by atoms with Crippen molar-refractivity contribution in [2.24, 2.45) is 0 Å². The number of hydrogen-bond acceptors (Lipinski definition) is 2. The maximum atomic E-state index is 9.37. The predicted molar refractivity (Wildman–Crippen MR) is 71.6 cm³/mol.